The van der Waals surface area contributed by atoms with Gasteiger partial charge in [0.2, 0.25) is 0 Å². The van der Waals surface area contributed by atoms with Gasteiger partial charge in [-0.1, -0.05) is 30.3 Å². The van der Waals surface area contributed by atoms with Crippen LogP contribution in [0, 0.1) is 11.6 Å². The van der Waals surface area contributed by atoms with Gasteiger partial charge in [-0.25, -0.2) is 8.78 Å². The minimum absolute atomic E-state index is 0.164. The average Bonchev–Trinajstić information content (AvgIpc) is 3.52. The molecule has 1 amide bonds. The second-order valence-corrected chi connectivity index (χ2v) is 9.23. The number of carbonyl (C=O) groups excluding carboxylic acids is 1. The van der Waals surface area contributed by atoms with Crippen molar-refractivity contribution in [2.75, 3.05) is 33.2 Å². The number of nitrogens with zero attached hydrogens (tertiary/aromatic N) is 6. The Morgan fingerprint density at radius 2 is 1.97 bits per heavy atom. The molecule has 1 spiro atoms. The number of carbonyl (C=O) groups is 1. The van der Waals surface area contributed by atoms with Crippen LogP contribution in [0.4, 0.5) is 8.78 Å². The van der Waals surface area contributed by atoms with Crippen LogP contribution in [0.3, 0.4) is 0 Å². The molecule has 3 heterocycles. The van der Waals surface area contributed by atoms with Crippen molar-refractivity contribution in [2.24, 2.45) is 0 Å². The van der Waals surface area contributed by atoms with Crippen molar-refractivity contribution in [3.63, 3.8) is 0 Å². The topological polar surface area (TPSA) is 76.4 Å². The Morgan fingerprint density at radius 1 is 1.17 bits per heavy atom. The van der Waals surface area contributed by atoms with Crippen LogP contribution in [0.15, 0.2) is 48.8 Å². The number of likely N-dealkylation sites (tertiary alicyclic amines) is 1. The number of hydrogen-bond donors (Lipinski definition) is 0. The fourth-order valence-electron chi connectivity index (χ4n) is 5.14. The molecule has 0 radical (unpaired) electrons. The number of ether oxygens (including phenoxy) is 1. The van der Waals surface area contributed by atoms with E-state index in [0.717, 1.165) is 55.8 Å². The van der Waals surface area contributed by atoms with Crippen LogP contribution in [-0.2, 0) is 21.7 Å². The van der Waals surface area contributed by atoms with Gasteiger partial charge in [-0.05, 0) is 59.8 Å². The van der Waals surface area contributed by atoms with Crippen molar-refractivity contribution in [1.82, 2.24) is 30.0 Å². The molecule has 1 aromatic heterocycles. The Labute approximate surface area is 202 Å². The van der Waals surface area contributed by atoms with Gasteiger partial charge in [0.15, 0.2) is 24.0 Å². The number of tetrazole rings is 1. The van der Waals surface area contributed by atoms with Crippen LogP contribution in [0.1, 0.15) is 42.0 Å². The van der Waals surface area contributed by atoms with Crippen molar-refractivity contribution in [2.45, 2.75) is 37.5 Å². The first-order chi connectivity index (χ1) is 17.0. The van der Waals surface area contributed by atoms with Crippen LogP contribution < -0.4 is 0 Å². The third-order valence-corrected chi connectivity index (χ3v) is 7.11. The van der Waals surface area contributed by atoms with Gasteiger partial charge in [0.05, 0.1) is 12.2 Å². The third-order valence-electron chi connectivity index (χ3n) is 7.11. The second kappa shape index (κ2) is 9.79. The van der Waals surface area contributed by atoms with Crippen molar-refractivity contribution in [3.05, 3.63) is 77.1 Å². The minimum atomic E-state index is -1.03. The van der Waals surface area contributed by atoms with E-state index in [1.54, 1.807) is 11.9 Å². The van der Waals surface area contributed by atoms with Crippen molar-refractivity contribution < 1.29 is 18.3 Å². The Hall–Kier alpha value is -3.24. The van der Waals surface area contributed by atoms with E-state index < -0.39 is 17.7 Å². The molecule has 0 N–H and O–H groups in total. The Bertz CT molecular complexity index is 1180. The molecular weight excluding hydrogens is 454 g/mol. The number of hydrogen-bond acceptors (Lipinski definition) is 6. The predicted molar refractivity (Wildman–Crippen MR) is 123 cm³/mol. The first-order valence-electron chi connectivity index (χ1n) is 11.8. The highest BCUT2D eigenvalue weighted by atomic mass is 19.2. The molecule has 2 aliphatic rings. The number of benzene rings is 2. The summed E-state index contributed by atoms with van der Waals surface area (Å²) in [4.78, 5) is 18.4. The maximum atomic E-state index is 13.9. The predicted octanol–water partition coefficient (Wildman–Crippen LogP) is 2.91. The summed E-state index contributed by atoms with van der Waals surface area (Å²) in [5.74, 6) is -2.32. The molecule has 0 bridgehead atoms. The maximum absolute atomic E-state index is 13.9. The lowest BCUT2D eigenvalue weighted by atomic mass is 9.84. The highest BCUT2D eigenvalue weighted by molar-refractivity contribution is 5.83. The molecule has 2 aliphatic heterocycles. The van der Waals surface area contributed by atoms with E-state index in [2.05, 4.69) is 44.6 Å². The van der Waals surface area contributed by atoms with E-state index in [1.807, 2.05) is 0 Å². The van der Waals surface area contributed by atoms with Gasteiger partial charge in [0.25, 0.3) is 5.91 Å². The first kappa shape index (κ1) is 23.5. The van der Waals surface area contributed by atoms with Gasteiger partial charge in [-0.15, -0.1) is 15.0 Å². The zero-order valence-electron chi connectivity index (χ0n) is 19.6. The molecule has 3 aromatic rings. The number of piperidine rings is 1. The van der Waals surface area contributed by atoms with Crippen LogP contribution >= 0.6 is 0 Å². The number of fused-ring (bicyclic) bond motifs is 2. The quantitative estimate of drug-likeness (QED) is 0.516. The number of amides is 1. The molecule has 184 valence electrons. The summed E-state index contributed by atoms with van der Waals surface area (Å²) in [7, 11) is 1.70. The summed E-state index contributed by atoms with van der Waals surface area (Å²) in [6.45, 7) is 3.92. The van der Waals surface area contributed by atoms with Gasteiger partial charge in [-0.3, -0.25) is 4.79 Å². The summed E-state index contributed by atoms with van der Waals surface area (Å²) >= 11 is 0. The lowest BCUT2D eigenvalue weighted by Gasteiger charge is -2.39. The summed E-state index contributed by atoms with van der Waals surface area (Å²) < 4.78 is 33.6. The van der Waals surface area contributed by atoms with E-state index in [9.17, 15) is 13.6 Å². The molecule has 0 saturated carbocycles. The van der Waals surface area contributed by atoms with Crippen LogP contribution in [-0.4, -0.2) is 69.1 Å². The summed E-state index contributed by atoms with van der Waals surface area (Å²) in [6.07, 6.45) is 3.89. The van der Waals surface area contributed by atoms with Crippen molar-refractivity contribution in [1.29, 1.82) is 0 Å². The van der Waals surface area contributed by atoms with Crippen LogP contribution in [0.2, 0.25) is 0 Å². The molecular formula is C25H28F2N6O2. The average molecular weight is 483 g/mol. The smallest absolute Gasteiger partial charge is 0.253 e. The minimum Gasteiger partial charge on any atom is -0.365 e. The number of halogens is 2. The van der Waals surface area contributed by atoms with E-state index >= 15 is 0 Å². The Kier molecular flexibility index (Phi) is 6.57. The summed E-state index contributed by atoms with van der Waals surface area (Å²) in [5, 5.41) is 11.5. The Morgan fingerprint density at radius 3 is 2.71 bits per heavy atom. The lowest BCUT2D eigenvalue weighted by Crippen LogP contribution is -2.43. The SMILES string of the molecule is CN(CCCN1CCC2(CC1)OCc1ccccc12)C(=O)C(c1ccc(F)c(F)c1)n1ncnn1. The number of likely N-dealkylation sites (N-methyl/N-ethyl adjacent to an activating group) is 1. The van der Waals surface area contributed by atoms with E-state index in [-0.39, 0.29) is 17.1 Å². The van der Waals surface area contributed by atoms with Gasteiger partial charge in [0.1, 0.15) is 0 Å². The van der Waals surface area contributed by atoms with E-state index in [1.165, 1.54) is 23.5 Å². The molecule has 35 heavy (non-hydrogen) atoms. The standard InChI is InChI=1S/C25H28F2N6O2/c1-31(24(34)23(33-29-17-28-30-33)18-7-8-21(26)22(27)15-18)11-4-12-32-13-9-25(10-14-32)20-6-3-2-5-19(20)16-35-25/h2-3,5-8,15,17,23H,4,9-14,16H2,1H3. The van der Waals surface area contributed by atoms with E-state index in [4.69, 9.17) is 4.74 Å². The Balaban J connectivity index is 1.17. The van der Waals surface area contributed by atoms with Gasteiger partial charge >= 0.3 is 0 Å². The zero-order valence-corrected chi connectivity index (χ0v) is 19.6. The lowest BCUT2D eigenvalue weighted by molar-refractivity contribution is -0.133. The first-order valence-corrected chi connectivity index (χ1v) is 11.8. The largest absolute Gasteiger partial charge is 0.365 e. The molecule has 1 fully saturated rings. The third kappa shape index (κ3) is 4.68. The zero-order chi connectivity index (χ0) is 24.4. The van der Waals surface area contributed by atoms with Crippen LogP contribution in [0.5, 0.6) is 0 Å². The highest BCUT2D eigenvalue weighted by Crippen LogP contribution is 2.43. The molecule has 10 heteroatoms. The van der Waals surface area contributed by atoms with Gasteiger partial charge in [-0.2, -0.15) is 0 Å². The normalized spacial score (nSPS) is 17.9. The molecule has 0 aliphatic carbocycles. The van der Waals surface area contributed by atoms with Crippen LogP contribution in [0.25, 0.3) is 0 Å². The number of aromatic nitrogens is 4. The summed E-state index contributed by atoms with van der Waals surface area (Å²) in [6, 6.07) is 10.8. The van der Waals surface area contributed by atoms with Gasteiger partial charge in [0, 0.05) is 26.7 Å². The molecule has 5 rings (SSSR count). The second-order valence-electron chi connectivity index (χ2n) is 9.23. The fourth-order valence-corrected chi connectivity index (χ4v) is 5.14. The van der Waals surface area contributed by atoms with E-state index in [0.29, 0.717) is 13.2 Å². The molecule has 1 unspecified atom stereocenters. The molecule has 2 aromatic carbocycles. The molecule has 8 nitrogen and oxygen atoms in total. The highest BCUT2D eigenvalue weighted by Gasteiger charge is 2.42. The number of rotatable bonds is 7. The van der Waals surface area contributed by atoms with Gasteiger partial charge < -0.3 is 14.5 Å². The molecule has 1 saturated heterocycles. The van der Waals surface area contributed by atoms with Crippen molar-refractivity contribution in [3.8, 4) is 0 Å². The monoisotopic (exact) mass is 482 g/mol. The fraction of sp³-hybridized carbons (Fsp3) is 0.440. The molecule has 1 atom stereocenters. The maximum Gasteiger partial charge on any atom is 0.253 e. The summed E-state index contributed by atoms with van der Waals surface area (Å²) in [5.41, 5.74) is 2.72. The van der Waals surface area contributed by atoms with Crippen molar-refractivity contribution >= 4 is 5.91 Å².